The third-order valence-corrected chi connectivity index (χ3v) is 2.88. The van der Waals surface area contributed by atoms with Crippen LogP contribution in [0.4, 0.5) is 5.69 Å². The van der Waals surface area contributed by atoms with Gasteiger partial charge in [-0.15, -0.1) is 12.4 Å². The molecule has 0 saturated heterocycles. The second-order valence-electron chi connectivity index (χ2n) is 4.52. The summed E-state index contributed by atoms with van der Waals surface area (Å²) in [6, 6.07) is 5.19. The van der Waals surface area contributed by atoms with E-state index in [-0.39, 0.29) is 30.1 Å². The molecule has 0 aliphatic carbocycles. The first-order chi connectivity index (χ1) is 8.99. The Kier molecular flexibility index (Phi) is 7.87. The fourth-order valence-electron chi connectivity index (χ4n) is 1.57. The number of hydrogen-bond donors (Lipinski definition) is 3. The van der Waals surface area contributed by atoms with Crippen LogP contribution in [0.1, 0.15) is 29.8 Å². The van der Waals surface area contributed by atoms with E-state index in [2.05, 4.69) is 10.6 Å². The van der Waals surface area contributed by atoms with Gasteiger partial charge in [-0.3, -0.25) is 9.59 Å². The van der Waals surface area contributed by atoms with Crippen LogP contribution in [0.15, 0.2) is 18.2 Å². The van der Waals surface area contributed by atoms with Crippen molar-refractivity contribution < 1.29 is 9.59 Å². The molecule has 1 aromatic rings. The summed E-state index contributed by atoms with van der Waals surface area (Å²) in [5.74, 6) is -0.461. The summed E-state index contributed by atoms with van der Waals surface area (Å²) in [5, 5.41) is 5.54. The summed E-state index contributed by atoms with van der Waals surface area (Å²) in [4.78, 5) is 23.4. The quantitative estimate of drug-likeness (QED) is 0.773. The summed E-state index contributed by atoms with van der Waals surface area (Å²) >= 11 is 0. The van der Waals surface area contributed by atoms with Gasteiger partial charge >= 0.3 is 0 Å². The summed E-state index contributed by atoms with van der Waals surface area (Å²) in [6.07, 6.45) is 0. The average molecular weight is 300 g/mol. The zero-order valence-corrected chi connectivity index (χ0v) is 12.8. The van der Waals surface area contributed by atoms with E-state index in [4.69, 9.17) is 5.73 Å². The number of carbonyl (C=O) groups excluding carboxylic acids is 2. The Morgan fingerprint density at radius 3 is 2.50 bits per heavy atom. The lowest BCUT2D eigenvalue weighted by Crippen LogP contribution is -2.27. The van der Waals surface area contributed by atoms with Gasteiger partial charge in [-0.2, -0.15) is 0 Å². The molecule has 0 fully saturated rings. The maximum atomic E-state index is 11.7. The van der Waals surface area contributed by atoms with Gasteiger partial charge in [-0.05, 0) is 37.6 Å². The monoisotopic (exact) mass is 299 g/mol. The molecule has 2 amide bonds. The van der Waals surface area contributed by atoms with Crippen LogP contribution in [0.5, 0.6) is 0 Å². The standard InChI is InChI=1S/C14H21N3O2.ClH/c1-4-16-14(19)11-5-6-12(9(2)7-11)17-13(18)10(3)8-15;/h5-7,10H,4,8,15H2,1-3H3,(H,16,19)(H,17,18);1H. The molecule has 0 aliphatic heterocycles. The zero-order valence-electron chi connectivity index (χ0n) is 12.0. The molecule has 20 heavy (non-hydrogen) atoms. The first-order valence-electron chi connectivity index (χ1n) is 6.39. The molecule has 112 valence electrons. The van der Waals surface area contributed by atoms with E-state index in [1.165, 1.54) is 0 Å². The minimum Gasteiger partial charge on any atom is -0.352 e. The highest BCUT2D eigenvalue weighted by molar-refractivity contribution is 5.97. The van der Waals surface area contributed by atoms with Crippen molar-refractivity contribution in [1.82, 2.24) is 5.32 Å². The molecule has 1 aromatic carbocycles. The number of halogens is 1. The molecule has 4 N–H and O–H groups in total. The third-order valence-electron chi connectivity index (χ3n) is 2.88. The number of amides is 2. The molecule has 0 aliphatic rings. The molecule has 6 heteroatoms. The maximum Gasteiger partial charge on any atom is 0.251 e. The van der Waals surface area contributed by atoms with Crippen LogP contribution in [-0.2, 0) is 4.79 Å². The lowest BCUT2D eigenvalue weighted by atomic mass is 10.1. The van der Waals surface area contributed by atoms with Gasteiger partial charge in [-0.1, -0.05) is 6.92 Å². The van der Waals surface area contributed by atoms with Crippen LogP contribution in [0.2, 0.25) is 0 Å². The van der Waals surface area contributed by atoms with E-state index in [1.807, 2.05) is 13.8 Å². The Morgan fingerprint density at radius 1 is 1.35 bits per heavy atom. The lowest BCUT2D eigenvalue weighted by Gasteiger charge is -2.13. The van der Waals surface area contributed by atoms with Crippen molar-refractivity contribution in [2.24, 2.45) is 11.7 Å². The summed E-state index contributed by atoms with van der Waals surface area (Å²) in [6.45, 7) is 6.39. The van der Waals surface area contributed by atoms with Crippen LogP contribution in [0, 0.1) is 12.8 Å². The second-order valence-corrected chi connectivity index (χ2v) is 4.52. The van der Waals surface area contributed by atoms with E-state index in [1.54, 1.807) is 25.1 Å². The van der Waals surface area contributed by atoms with Gasteiger partial charge < -0.3 is 16.4 Å². The van der Waals surface area contributed by atoms with Crippen molar-refractivity contribution in [1.29, 1.82) is 0 Å². The topological polar surface area (TPSA) is 84.2 Å². The number of nitrogens with two attached hydrogens (primary N) is 1. The lowest BCUT2D eigenvalue weighted by molar-refractivity contribution is -0.119. The Hall–Kier alpha value is -1.59. The number of nitrogens with one attached hydrogen (secondary N) is 2. The van der Waals surface area contributed by atoms with Crippen molar-refractivity contribution in [2.75, 3.05) is 18.4 Å². The Morgan fingerprint density at radius 2 is 2.00 bits per heavy atom. The van der Waals surface area contributed by atoms with Crippen molar-refractivity contribution in [3.63, 3.8) is 0 Å². The number of anilines is 1. The molecule has 1 rings (SSSR count). The largest absolute Gasteiger partial charge is 0.352 e. The van der Waals surface area contributed by atoms with E-state index in [0.29, 0.717) is 24.3 Å². The Bertz CT molecular complexity index is 477. The minimum absolute atomic E-state index is 0. The molecule has 0 heterocycles. The van der Waals surface area contributed by atoms with E-state index < -0.39 is 0 Å². The number of aryl methyl sites for hydroxylation is 1. The number of rotatable bonds is 5. The third kappa shape index (κ3) is 4.83. The molecule has 0 saturated carbocycles. The van der Waals surface area contributed by atoms with Crippen molar-refractivity contribution in [3.8, 4) is 0 Å². The highest BCUT2D eigenvalue weighted by Gasteiger charge is 2.13. The molecule has 0 bridgehead atoms. The van der Waals surface area contributed by atoms with E-state index in [9.17, 15) is 9.59 Å². The van der Waals surface area contributed by atoms with Crippen molar-refractivity contribution in [3.05, 3.63) is 29.3 Å². The van der Waals surface area contributed by atoms with Gasteiger partial charge in [0, 0.05) is 30.3 Å². The fourth-order valence-corrected chi connectivity index (χ4v) is 1.57. The van der Waals surface area contributed by atoms with Gasteiger partial charge in [0.1, 0.15) is 0 Å². The number of carbonyl (C=O) groups is 2. The average Bonchev–Trinajstić information content (AvgIpc) is 2.40. The van der Waals surface area contributed by atoms with Crippen molar-refractivity contribution in [2.45, 2.75) is 20.8 Å². The van der Waals surface area contributed by atoms with E-state index in [0.717, 1.165) is 5.56 Å². The highest BCUT2D eigenvalue weighted by atomic mass is 35.5. The SMILES string of the molecule is CCNC(=O)c1ccc(NC(=O)C(C)CN)c(C)c1.Cl. The predicted octanol–water partition coefficient (Wildman–Crippen LogP) is 1.70. The second kappa shape index (κ2) is 8.55. The van der Waals surface area contributed by atoms with Crippen LogP contribution in [0.25, 0.3) is 0 Å². The molecule has 0 aromatic heterocycles. The van der Waals surface area contributed by atoms with Crippen LogP contribution >= 0.6 is 12.4 Å². The molecular weight excluding hydrogens is 278 g/mol. The van der Waals surface area contributed by atoms with E-state index >= 15 is 0 Å². The van der Waals surface area contributed by atoms with Crippen LogP contribution in [0.3, 0.4) is 0 Å². The Balaban J connectivity index is 0.00000361. The Labute approximate surface area is 125 Å². The number of hydrogen-bond acceptors (Lipinski definition) is 3. The number of benzene rings is 1. The van der Waals surface area contributed by atoms with Gasteiger partial charge in [0.05, 0.1) is 0 Å². The normalized spacial score (nSPS) is 11.2. The first-order valence-corrected chi connectivity index (χ1v) is 6.39. The van der Waals surface area contributed by atoms with Gasteiger partial charge in [0.25, 0.3) is 5.91 Å². The van der Waals surface area contributed by atoms with Gasteiger partial charge in [0.15, 0.2) is 0 Å². The molecule has 0 spiro atoms. The fraction of sp³-hybridized carbons (Fsp3) is 0.429. The summed E-state index contributed by atoms with van der Waals surface area (Å²) < 4.78 is 0. The summed E-state index contributed by atoms with van der Waals surface area (Å²) in [7, 11) is 0. The molecule has 0 radical (unpaired) electrons. The van der Waals surface area contributed by atoms with Crippen LogP contribution in [-0.4, -0.2) is 24.9 Å². The zero-order chi connectivity index (χ0) is 14.4. The van der Waals surface area contributed by atoms with Crippen LogP contribution < -0.4 is 16.4 Å². The molecular formula is C14H22ClN3O2. The summed E-state index contributed by atoms with van der Waals surface area (Å²) in [5.41, 5.74) is 7.59. The maximum absolute atomic E-state index is 11.7. The van der Waals surface area contributed by atoms with Crippen molar-refractivity contribution >= 4 is 29.9 Å². The smallest absolute Gasteiger partial charge is 0.251 e. The first kappa shape index (κ1) is 18.4. The predicted molar refractivity (Wildman–Crippen MR) is 83.3 cm³/mol. The molecule has 5 nitrogen and oxygen atoms in total. The highest BCUT2D eigenvalue weighted by Crippen LogP contribution is 2.17. The molecule has 1 unspecified atom stereocenters. The van der Waals surface area contributed by atoms with Gasteiger partial charge in [-0.25, -0.2) is 0 Å². The molecule has 1 atom stereocenters. The minimum atomic E-state index is -0.234. The van der Waals surface area contributed by atoms with Gasteiger partial charge in [0.2, 0.25) is 5.91 Å².